The van der Waals surface area contributed by atoms with E-state index < -0.39 is 0 Å². The Hall–Kier alpha value is -1.80. The molecule has 3 rings (SSSR count). The second-order valence-corrected chi connectivity index (χ2v) is 5.58. The summed E-state index contributed by atoms with van der Waals surface area (Å²) in [7, 11) is 0. The van der Waals surface area contributed by atoms with Crippen LogP contribution in [0.1, 0.15) is 49.1 Å². The molecular formula is C19H26O2. The van der Waals surface area contributed by atoms with Gasteiger partial charge < -0.3 is 10.6 Å². The average Bonchev–Trinajstić information content (AvgIpc) is 2.50. The summed E-state index contributed by atoms with van der Waals surface area (Å²) in [5, 5.41) is 9.16. The van der Waals surface area contributed by atoms with Crippen molar-refractivity contribution in [1.82, 2.24) is 0 Å². The normalized spacial score (nSPS) is 14.5. The SMILES string of the molecule is Cc1ccccc1.O.Oc1ccc(C2CCCCC2)cc1. The third-order valence-electron chi connectivity index (χ3n) is 3.91. The molecule has 2 aromatic carbocycles. The Morgan fingerprint density at radius 2 is 1.38 bits per heavy atom. The molecule has 0 radical (unpaired) electrons. The fourth-order valence-corrected chi connectivity index (χ4v) is 2.72. The van der Waals surface area contributed by atoms with Crippen LogP contribution in [0.2, 0.25) is 0 Å². The van der Waals surface area contributed by atoms with Crippen LogP contribution in [0.25, 0.3) is 0 Å². The maximum atomic E-state index is 9.16. The first-order valence-corrected chi connectivity index (χ1v) is 7.56. The number of phenols is 1. The lowest BCUT2D eigenvalue weighted by molar-refractivity contribution is 0.442. The van der Waals surface area contributed by atoms with Gasteiger partial charge in [-0.05, 0) is 43.4 Å². The topological polar surface area (TPSA) is 51.7 Å². The van der Waals surface area contributed by atoms with Crippen molar-refractivity contribution in [1.29, 1.82) is 0 Å². The first-order valence-electron chi connectivity index (χ1n) is 7.56. The summed E-state index contributed by atoms with van der Waals surface area (Å²) in [4.78, 5) is 0. The largest absolute Gasteiger partial charge is 0.508 e. The molecule has 1 aliphatic carbocycles. The number of rotatable bonds is 1. The van der Waals surface area contributed by atoms with Crippen LogP contribution in [0, 0.1) is 6.92 Å². The van der Waals surface area contributed by atoms with Gasteiger partial charge in [0.05, 0.1) is 0 Å². The van der Waals surface area contributed by atoms with Gasteiger partial charge in [-0.15, -0.1) is 0 Å². The lowest BCUT2D eigenvalue weighted by Gasteiger charge is -2.21. The van der Waals surface area contributed by atoms with Crippen LogP contribution in [0.4, 0.5) is 0 Å². The Balaban J connectivity index is 0.000000236. The fourth-order valence-electron chi connectivity index (χ4n) is 2.72. The number of aryl methyl sites for hydroxylation is 1. The molecule has 0 saturated heterocycles. The fraction of sp³-hybridized carbons (Fsp3) is 0.368. The maximum absolute atomic E-state index is 9.16. The van der Waals surface area contributed by atoms with Crippen LogP contribution in [-0.2, 0) is 0 Å². The highest BCUT2D eigenvalue weighted by Crippen LogP contribution is 2.32. The zero-order chi connectivity index (χ0) is 14.2. The molecule has 0 heterocycles. The predicted octanol–water partition coefficient (Wildman–Crippen LogP) is 4.61. The zero-order valence-electron chi connectivity index (χ0n) is 12.8. The minimum Gasteiger partial charge on any atom is -0.508 e. The van der Waals surface area contributed by atoms with Gasteiger partial charge >= 0.3 is 0 Å². The van der Waals surface area contributed by atoms with E-state index >= 15 is 0 Å². The molecule has 21 heavy (non-hydrogen) atoms. The molecule has 2 aromatic rings. The van der Waals surface area contributed by atoms with Crippen molar-refractivity contribution < 1.29 is 10.6 Å². The Morgan fingerprint density at radius 1 is 0.810 bits per heavy atom. The Labute approximate surface area is 127 Å². The number of phenolic OH excluding ortho intramolecular Hbond substituents is 1. The molecule has 114 valence electrons. The Morgan fingerprint density at radius 3 is 1.86 bits per heavy atom. The van der Waals surface area contributed by atoms with E-state index in [0.717, 1.165) is 5.92 Å². The highest BCUT2D eigenvalue weighted by atomic mass is 16.3. The molecule has 1 fully saturated rings. The molecule has 3 N–H and O–H groups in total. The molecule has 0 spiro atoms. The van der Waals surface area contributed by atoms with Crippen LogP contribution in [0.15, 0.2) is 54.6 Å². The summed E-state index contributed by atoms with van der Waals surface area (Å²) in [5.41, 5.74) is 2.72. The van der Waals surface area contributed by atoms with Gasteiger partial charge in [0.25, 0.3) is 0 Å². The molecule has 0 amide bonds. The van der Waals surface area contributed by atoms with E-state index in [4.69, 9.17) is 5.11 Å². The predicted molar refractivity (Wildman–Crippen MR) is 88.7 cm³/mol. The lowest BCUT2D eigenvalue weighted by Crippen LogP contribution is -2.03. The van der Waals surface area contributed by atoms with Crippen molar-refractivity contribution >= 4 is 0 Å². The van der Waals surface area contributed by atoms with Gasteiger partial charge in [0, 0.05) is 0 Å². The van der Waals surface area contributed by atoms with Gasteiger partial charge in [0.1, 0.15) is 5.75 Å². The summed E-state index contributed by atoms with van der Waals surface area (Å²) >= 11 is 0. The molecule has 2 heteroatoms. The minimum atomic E-state index is 0. The Kier molecular flexibility index (Phi) is 7.55. The lowest BCUT2D eigenvalue weighted by atomic mass is 9.84. The highest BCUT2D eigenvalue weighted by molar-refractivity contribution is 5.28. The third-order valence-corrected chi connectivity index (χ3v) is 3.91. The smallest absolute Gasteiger partial charge is 0.115 e. The van der Waals surface area contributed by atoms with E-state index in [0.29, 0.717) is 5.75 Å². The van der Waals surface area contributed by atoms with Gasteiger partial charge in [0.15, 0.2) is 0 Å². The highest BCUT2D eigenvalue weighted by Gasteiger charge is 2.14. The quantitative estimate of drug-likeness (QED) is 0.817. The monoisotopic (exact) mass is 286 g/mol. The molecule has 1 saturated carbocycles. The van der Waals surface area contributed by atoms with E-state index in [-0.39, 0.29) is 5.48 Å². The first-order chi connectivity index (χ1) is 9.75. The van der Waals surface area contributed by atoms with Crippen LogP contribution in [0.5, 0.6) is 5.75 Å². The van der Waals surface area contributed by atoms with Crippen LogP contribution >= 0.6 is 0 Å². The Bertz CT molecular complexity index is 485. The molecule has 0 unspecified atom stereocenters. The first kappa shape index (κ1) is 17.3. The van der Waals surface area contributed by atoms with E-state index in [1.807, 2.05) is 18.2 Å². The van der Waals surface area contributed by atoms with Crippen molar-refractivity contribution in [2.45, 2.75) is 44.9 Å². The van der Waals surface area contributed by atoms with Gasteiger partial charge in [0.2, 0.25) is 0 Å². The zero-order valence-corrected chi connectivity index (χ0v) is 12.8. The van der Waals surface area contributed by atoms with E-state index in [1.54, 1.807) is 12.1 Å². The van der Waals surface area contributed by atoms with Crippen molar-refractivity contribution in [3.8, 4) is 5.75 Å². The summed E-state index contributed by atoms with van der Waals surface area (Å²) in [6.45, 7) is 2.08. The van der Waals surface area contributed by atoms with Crippen molar-refractivity contribution in [2.75, 3.05) is 0 Å². The minimum absolute atomic E-state index is 0. The third kappa shape index (κ3) is 6.01. The second-order valence-electron chi connectivity index (χ2n) is 5.58. The van der Waals surface area contributed by atoms with Gasteiger partial charge in [-0.25, -0.2) is 0 Å². The molecule has 2 nitrogen and oxygen atoms in total. The second kappa shape index (κ2) is 9.19. The summed E-state index contributed by atoms with van der Waals surface area (Å²) in [5.74, 6) is 1.12. The van der Waals surface area contributed by atoms with Crippen molar-refractivity contribution in [2.24, 2.45) is 0 Å². The maximum Gasteiger partial charge on any atom is 0.115 e. The number of hydrogen-bond acceptors (Lipinski definition) is 1. The standard InChI is InChI=1S/C12H16O.C7H8.H2O/c13-12-8-6-11(7-9-12)10-4-2-1-3-5-10;1-7-5-3-2-4-6-7;/h6-10,13H,1-5H2;2-6H,1H3;1H2. The molecule has 0 aliphatic heterocycles. The summed E-state index contributed by atoms with van der Waals surface area (Å²) in [6, 6.07) is 18.0. The molecule has 0 bridgehead atoms. The summed E-state index contributed by atoms with van der Waals surface area (Å²) < 4.78 is 0. The molecule has 0 aromatic heterocycles. The van der Waals surface area contributed by atoms with Gasteiger partial charge in [-0.2, -0.15) is 0 Å². The number of hydrogen-bond donors (Lipinski definition) is 1. The van der Waals surface area contributed by atoms with Crippen molar-refractivity contribution in [3.05, 3.63) is 65.7 Å². The van der Waals surface area contributed by atoms with Gasteiger partial charge in [-0.3, -0.25) is 0 Å². The van der Waals surface area contributed by atoms with Gasteiger partial charge in [-0.1, -0.05) is 67.3 Å². The van der Waals surface area contributed by atoms with E-state index in [1.165, 1.54) is 43.2 Å². The van der Waals surface area contributed by atoms with Crippen LogP contribution in [-0.4, -0.2) is 10.6 Å². The summed E-state index contributed by atoms with van der Waals surface area (Å²) in [6.07, 6.45) is 6.78. The molecular weight excluding hydrogens is 260 g/mol. The van der Waals surface area contributed by atoms with Crippen molar-refractivity contribution in [3.63, 3.8) is 0 Å². The van der Waals surface area contributed by atoms with Crippen LogP contribution in [0.3, 0.4) is 0 Å². The molecule has 0 atom stereocenters. The average molecular weight is 286 g/mol. The molecule has 1 aliphatic rings. The van der Waals surface area contributed by atoms with E-state index in [9.17, 15) is 0 Å². The van der Waals surface area contributed by atoms with E-state index in [2.05, 4.69) is 31.2 Å². The number of aromatic hydroxyl groups is 1. The van der Waals surface area contributed by atoms with Crippen LogP contribution < -0.4 is 0 Å². The number of benzene rings is 2.